The molecule has 1 aromatic carbocycles. The molecule has 0 heterocycles. The maximum Gasteiger partial charge on any atom is 0.339 e. The van der Waals surface area contributed by atoms with Crippen LogP contribution in [0.15, 0.2) is 48.6 Å². The summed E-state index contributed by atoms with van der Waals surface area (Å²) in [5.41, 5.74) is -0.0125. The Kier molecular flexibility index (Phi) is 8.79. The summed E-state index contributed by atoms with van der Waals surface area (Å²) >= 11 is 0. The molecule has 0 fully saturated rings. The van der Waals surface area contributed by atoms with Gasteiger partial charge in [0.2, 0.25) is 0 Å². The first-order valence-electron chi connectivity index (χ1n) is 8.77. The van der Waals surface area contributed by atoms with Gasteiger partial charge in [-0.3, -0.25) is 0 Å². The zero-order chi connectivity index (χ0) is 22.1. The van der Waals surface area contributed by atoms with Crippen molar-refractivity contribution in [2.75, 3.05) is 6.61 Å². The molecule has 0 amide bonds. The summed E-state index contributed by atoms with van der Waals surface area (Å²) in [6.45, 7) is 11.3. The van der Waals surface area contributed by atoms with Crippen LogP contribution in [0.2, 0.25) is 0 Å². The number of aromatic carboxylic acids is 1. The van der Waals surface area contributed by atoms with E-state index in [-0.39, 0.29) is 35.3 Å². The van der Waals surface area contributed by atoms with Crippen LogP contribution in [0.5, 0.6) is 0 Å². The molecule has 29 heavy (non-hydrogen) atoms. The molecule has 1 rings (SSSR count). The molecule has 8 nitrogen and oxygen atoms in total. The lowest BCUT2D eigenvalue weighted by Gasteiger charge is -2.24. The van der Waals surface area contributed by atoms with Crippen molar-refractivity contribution >= 4 is 23.9 Å². The van der Waals surface area contributed by atoms with E-state index < -0.39 is 36.1 Å². The van der Waals surface area contributed by atoms with Crippen LogP contribution in [0.25, 0.3) is 0 Å². The van der Waals surface area contributed by atoms with Gasteiger partial charge in [-0.2, -0.15) is 0 Å². The number of hydrogen-bond donors (Lipinski definition) is 1. The zero-order valence-electron chi connectivity index (χ0n) is 16.6. The normalized spacial score (nSPS) is 12.2. The molecule has 1 N–H and O–H groups in total. The number of carboxylic acid groups (broad SMARTS) is 1. The molecule has 0 spiro atoms. The molecule has 156 valence electrons. The van der Waals surface area contributed by atoms with Crippen molar-refractivity contribution in [3.63, 3.8) is 0 Å². The lowest BCUT2D eigenvalue weighted by molar-refractivity contribution is -0.151. The zero-order valence-corrected chi connectivity index (χ0v) is 16.6. The van der Waals surface area contributed by atoms with Gasteiger partial charge in [0, 0.05) is 17.6 Å². The molecule has 2 atom stereocenters. The van der Waals surface area contributed by atoms with Crippen LogP contribution in [0.1, 0.15) is 47.9 Å². The summed E-state index contributed by atoms with van der Waals surface area (Å²) in [5, 5.41) is 9.24. The molecule has 0 bridgehead atoms. The highest BCUT2D eigenvalue weighted by Crippen LogP contribution is 2.17. The monoisotopic (exact) mass is 404 g/mol. The molecule has 0 aliphatic rings. The number of esters is 3. The van der Waals surface area contributed by atoms with Crippen LogP contribution < -0.4 is 0 Å². The second kappa shape index (κ2) is 10.8. The fourth-order valence-electron chi connectivity index (χ4n) is 2.17. The Morgan fingerprint density at radius 3 is 2.03 bits per heavy atom. The Morgan fingerprint density at radius 2 is 1.52 bits per heavy atom. The maximum atomic E-state index is 12.5. The first-order valence-corrected chi connectivity index (χ1v) is 8.77. The number of hydrogen-bond acceptors (Lipinski definition) is 7. The van der Waals surface area contributed by atoms with Gasteiger partial charge in [-0.1, -0.05) is 25.3 Å². The topological polar surface area (TPSA) is 116 Å². The van der Waals surface area contributed by atoms with Crippen molar-refractivity contribution in [3.8, 4) is 0 Å². The molecule has 0 aromatic heterocycles. The van der Waals surface area contributed by atoms with E-state index in [4.69, 9.17) is 14.2 Å². The van der Waals surface area contributed by atoms with E-state index in [2.05, 4.69) is 13.2 Å². The average molecular weight is 404 g/mol. The smallest absolute Gasteiger partial charge is 0.339 e. The summed E-state index contributed by atoms with van der Waals surface area (Å²) in [6.07, 6.45) is -1.88. The predicted molar refractivity (Wildman–Crippen MR) is 103 cm³/mol. The summed E-state index contributed by atoms with van der Waals surface area (Å²) in [7, 11) is 0. The van der Waals surface area contributed by atoms with Crippen LogP contribution in [0.3, 0.4) is 0 Å². The van der Waals surface area contributed by atoms with Crippen molar-refractivity contribution in [2.45, 2.75) is 39.4 Å². The molecule has 0 saturated carbocycles. The Labute approximate surface area is 168 Å². The maximum absolute atomic E-state index is 12.5. The van der Waals surface area contributed by atoms with E-state index in [1.165, 1.54) is 45.0 Å². The van der Waals surface area contributed by atoms with Crippen molar-refractivity contribution in [3.05, 3.63) is 59.7 Å². The number of carbonyl (C=O) groups is 4. The summed E-state index contributed by atoms with van der Waals surface area (Å²) in [4.78, 5) is 47.2. The summed E-state index contributed by atoms with van der Waals surface area (Å²) in [6, 6.07) is 5.56. The minimum Gasteiger partial charge on any atom is -0.478 e. The third-order valence-electron chi connectivity index (χ3n) is 3.78. The molecule has 2 unspecified atom stereocenters. The number of benzene rings is 1. The van der Waals surface area contributed by atoms with Gasteiger partial charge in [0.15, 0.2) is 0 Å². The van der Waals surface area contributed by atoms with E-state index in [0.717, 1.165) is 0 Å². The van der Waals surface area contributed by atoms with Gasteiger partial charge in [0.05, 0.1) is 17.7 Å². The van der Waals surface area contributed by atoms with Gasteiger partial charge < -0.3 is 19.3 Å². The van der Waals surface area contributed by atoms with Gasteiger partial charge in [0.25, 0.3) is 0 Å². The Balaban J connectivity index is 2.97. The fraction of sp³-hybridized carbons (Fsp3) is 0.333. The first-order chi connectivity index (χ1) is 13.5. The van der Waals surface area contributed by atoms with E-state index >= 15 is 0 Å². The Bertz CT molecular complexity index is 824. The summed E-state index contributed by atoms with van der Waals surface area (Å²) in [5.74, 6) is -3.48. The highest BCUT2D eigenvalue weighted by molar-refractivity contribution is 6.02. The quantitative estimate of drug-likeness (QED) is 0.359. The lowest BCUT2D eigenvalue weighted by atomic mass is 10.1. The molecular formula is C21H24O8. The van der Waals surface area contributed by atoms with Crippen LogP contribution in [0, 0.1) is 0 Å². The molecule has 0 saturated heterocycles. The lowest BCUT2D eigenvalue weighted by Crippen LogP contribution is -2.35. The molecule has 1 aromatic rings. The van der Waals surface area contributed by atoms with Gasteiger partial charge >= 0.3 is 23.9 Å². The Morgan fingerprint density at radius 1 is 0.966 bits per heavy atom. The van der Waals surface area contributed by atoms with Gasteiger partial charge in [-0.15, -0.1) is 0 Å². The molecule has 0 radical (unpaired) electrons. The molecular weight excluding hydrogens is 380 g/mol. The first kappa shape index (κ1) is 23.6. The minimum atomic E-state index is -1.29. The second-order valence-electron chi connectivity index (χ2n) is 6.39. The third-order valence-corrected chi connectivity index (χ3v) is 3.78. The van der Waals surface area contributed by atoms with Crippen molar-refractivity contribution in [1.29, 1.82) is 0 Å². The van der Waals surface area contributed by atoms with E-state index in [1.807, 2.05) is 0 Å². The van der Waals surface area contributed by atoms with Crippen LogP contribution in [0.4, 0.5) is 0 Å². The summed E-state index contributed by atoms with van der Waals surface area (Å²) < 4.78 is 15.6. The molecule has 8 heteroatoms. The number of carboxylic acids is 1. The van der Waals surface area contributed by atoms with E-state index in [9.17, 15) is 24.3 Å². The molecule has 0 aliphatic heterocycles. The average Bonchev–Trinajstić information content (AvgIpc) is 2.66. The standard InChI is InChI=1S/C21H24O8/c1-12(2)19(24)27-11-10-17(14(5)28-20(25)13(3)4)29-21(26)16-9-7-6-8-15(16)18(22)23/h6-9,14,17H,1,3,10-11H2,2,4-5H3,(H,22,23). The van der Waals surface area contributed by atoms with Gasteiger partial charge in [-0.25, -0.2) is 19.2 Å². The van der Waals surface area contributed by atoms with Crippen molar-refractivity contribution in [1.82, 2.24) is 0 Å². The van der Waals surface area contributed by atoms with Gasteiger partial charge in [0.1, 0.15) is 12.2 Å². The van der Waals surface area contributed by atoms with Gasteiger partial charge in [-0.05, 0) is 32.9 Å². The molecule has 0 aliphatic carbocycles. The highest BCUT2D eigenvalue weighted by atomic mass is 16.6. The number of ether oxygens (including phenoxy) is 3. The predicted octanol–water partition coefficient (Wildman–Crippen LogP) is 2.93. The van der Waals surface area contributed by atoms with Crippen LogP contribution in [-0.4, -0.2) is 47.8 Å². The SMILES string of the molecule is C=C(C)C(=O)OCCC(OC(=O)c1ccccc1C(=O)O)C(C)OC(=O)C(=C)C. The van der Waals surface area contributed by atoms with E-state index in [1.54, 1.807) is 0 Å². The fourth-order valence-corrected chi connectivity index (χ4v) is 2.17. The van der Waals surface area contributed by atoms with Crippen molar-refractivity contribution in [2.24, 2.45) is 0 Å². The largest absolute Gasteiger partial charge is 0.478 e. The van der Waals surface area contributed by atoms with Crippen LogP contribution >= 0.6 is 0 Å². The third kappa shape index (κ3) is 7.25. The minimum absolute atomic E-state index is 0.0185. The van der Waals surface area contributed by atoms with Crippen LogP contribution in [-0.2, 0) is 23.8 Å². The number of carbonyl (C=O) groups excluding carboxylic acids is 3. The Hall–Kier alpha value is -3.42. The van der Waals surface area contributed by atoms with Crippen molar-refractivity contribution < 1.29 is 38.5 Å². The second-order valence-corrected chi connectivity index (χ2v) is 6.39. The highest BCUT2D eigenvalue weighted by Gasteiger charge is 2.28. The van der Waals surface area contributed by atoms with E-state index in [0.29, 0.717) is 0 Å². The number of rotatable bonds is 10.